The van der Waals surface area contributed by atoms with Crippen LogP contribution in [0.25, 0.3) is 0 Å². The van der Waals surface area contributed by atoms with Crippen molar-refractivity contribution in [3.05, 3.63) is 36.0 Å². The minimum Gasteiger partial charge on any atom is -0.489 e. The minimum absolute atomic E-state index is 0.0297. The van der Waals surface area contributed by atoms with Gasteiger partial charge in [-0.1, -0.05) is 12.1 Å². The Bertz CT molecular complexity index is 784. The van der Waals surface area contributed by atoms with E-state index in [0.717, 1.165) is 6.26 Å². The van der Waals surface area contributed by atoms with Crippen molar-refractivity contribution in [2.24, 2.45) is 0 Å². The number of nitrogens with one attached hydrogen (secondary N) is 1. The van der Waals surface area contributed by atoms with Gasteiger partial charge in [0.05, 0.1) is 25.2 Å². The summed E-state index contributed by atoms with van der Waals surface area (Å²) in [6.07, 6.45) is 1.43. The highest BCUT2D eigenvalue weighted by atomic mass is 32.2. The summed E-state index contributed by atoms with van der Waals surface area (Å²) in [7, 11) is -3.60. The molecule has 1 rings (SSSR count). The van der Waals surface area contributed by atoms with Crippen LogP contribution in [-0.2, 0) is 33.4 Å². The maximum absolute atomic E-state index is 12.0. The Morgan fingerprint density at radius 1 is 1.11 bits per heavy atom. The third-order valence-corrected chi connectivity index (χ3v) is 3.74. The van der Waals surface area contributed by atoms with E-state index in [4.69, 9.17) is 18.4 Å². The Labute approximate surface area is 164 Å². The third-order valence-electron chi connectivity index (χ3n) is 3.06. The summed E-state index contributed by atoms with van der Waals surface area (Å²) >= 11 is 0. The fourth-order valence-electron chi connectivity index (χ4n) is 2.01. The summed E-state index contributed by atoms with van der Waals surface area (Å²) < 4.78 is 42.4. The summed E-state index contributed by atoms with van der Waals surface area (Å²) in [6, 6.07) is 6.72. The van der Waals surface area contributed by atoms with E-state index in [-0.39, 0.29) is 25.4 Å². The summed E-state index contributed by atoms with van der Waals surface area (Å²) in [5.74, 6) is -1.26. The second-order valence-corrected chi connectivity index (χ2v) is 7.16. The molecule has 0 saturated heterocycles. The van der Waals surface area contributed by atoms with E-state index in [1.165, 1.54) is 6.20 Å². The van der Waals surface area contributed by atoms with Gasteiger partial charge >= 0.3 is 11.9 Å². The van der Waals surface area contributed by atoms with Crippen LogP contribution in [0.4, 0.5) is 5.69 Å². The van der Waals surface area contributed by atoms with Gasteiger partial charge in [-0.05, 0) is 32.9 Å². The lowest BCUT2D eigenvalue weighted by Gasteiger charge is -2.15. The summed E-state index contributed by atoms with van der Waals surface area (Å²) in [4.78, 5) is 24.0. The van der Waals surface area contributed by atoms with Crippen LogP contribution in [0.1, 0.15) is 20.8 Å². The molecule has 0 aliphatic rings. The lowest BCUT2D eigenvalue weighted by Crippen LogP contribution is -2.21. The molecule has 9 nitrogen and oxygen atoms in total. The first-order valence-corrected chi connectivity index (χ1v) is 10.4. The first-order chi connectivity index (χ1) is 13.2. The predicted molar refractivity (Wildman–Crippen MR) is 102 cm³/mol. The molecular weight excluding hydrogens is 390 g/mol. The van der Waals surface area contributed by atoms with Crippen LogP contribution in [0.5, 0.6) is 5.75 Å². The number of rotatable bonds is 11. The molecule has 0 aromatic heterocycles. The van der Waals surface area contributed by atoms with Crippen LogP contribution in [-0.4, -0.2) is 52.5 Å². The Hall–Kier alpha value is -2.59. The number of esters is 2. The van der Waals surface area contributed by atoms with Crippen molar-refractivity contribution < 1.29 is 36.4 Å². The molecule has 0 spiro atoms. The Balaban J connectivity index is 2.93. The van der Waals surface area contributed by atoms with Crippen LogP contribution in [0.3, 0.4) is 0 Å². The Kier molecular flexibility index (Phi) is 9.46. The van der Waals surface area contributed by atoms with E-state index in [9.17, 15) is 18.0 Å². The number of hydrogen-bond acceptors (Lipinski definition) is 9. The van der Waals surface area contributed by atoms with Crippen molar-refractivity contribution in [3.8, 4) is 5.75 Å². The Morgan fingerprint density at radius 2 is 1.68 bits per heavy atom. The van der Waals surface area contributed by atoms with Crippen molar-refractivity contribution in [2.45, 2.75) is 26.9 Å². The van der Waals surface area contributed by atoms with Crippen LogP contribution in [0, 0.1) is 0 Å². The first kappa shape index (κ1) is 23.4. The summed E-state index contributed by atoms with van der Waals surface area (Å²) in [5.41, 5.74) is 0.146. The van der Waals surface area contributed by atoms with Crippen LogP contribution >= 0.6 is 0 Å². The fourth-order valence-corrected chi connectivity index (χ4v) is 2.67. The average molecular weight is 415 g/mol. The van der Waals surface area contributed by atoms with Crippen molar-refractivity contribution >= 4 is 27.7 Å². The molecule has 0 radical (unpaired) electrons. The van der Waals surface area contributed by atoms with Gasteiger partial charge in [0.15, 0.2) is 5.57 Å². The third kappa shape index (κ3) is 8.40. The summed E-state index contributed by atoms with van der Waals surface area (Å²) in [5, 5.41) is 2.82. The number of anilines is 1. The van der Waals surface area contributed by atoms with Gasteiger partial charge in [-0.15, -0.1) is 0 Å². The highest BCUT2D eigenvalue weighted by Gasteiger charge is 2.21. The zero-order chi connectivity index (χ0) is 21.2. The maximum Gasteiger partial charge on any atom is 0.347 e. The van der Waals surface area contributed by atoms with Crippen LogP contribution < -0.4 is 10.1 Å². The van der Waals surface area contributed by atoms with Gasteiger partial charge in [0.1, 0.15) is 18.5 Å². The van der Waals surface area contributed by atoms with Crippen LogP contribution in [0.15, 0.2) is 36.0 Å². The fraction of sp³-hybridized carbons (Fsp3) is 0.444. The second-order valence-electron chi connectivity index (χ2n) is 5.56. The smallest absolute Gasteiger partial charge is 0.347 e. The van der Waals surface area contributed by atoms with Crippen molar-refractivity contribution in [3.63, 3.8) is 0 Å². The molecule has 0 unspecified atom stereocenters. The molecule has 1 aromatic rings. The molecular formula is C18H25NO8S. The molecule has 0 aliphatic carbocycles. The average Bonchev–Trinajstić information content (AvgIpc) is 2.60. The van der Waals surface area contributed by atoms with Gasteiger partial charge in [-0.2, -0.15) is 8.42 Å². The molecule has 0 bridgehead atoms. The topological polar surface area (TPSA) is 117 Å². The first-order valence-electron chi connectivity index (χ1n) is 8.59. The molecule has 1 N–H and O–H groups in total. The normalized spacial score (nSPS) is 11.9. The number of ether oxygens (including phenoxy) is 3. The second kappa shape index (κ2) is 11.3. The summed E-state index contributed by atoms with van der Waals surface area (Å²) in [6.45, 7) is 4.98. The van der Waals surface area contributed by atoms with E-state index >= 15 is 0 Å². The molecule has 0 heterocycles. The van der Waals surface area contributed by atoms with E-state index in [1.54, 1.807) is 45.0 Å². The lowest BCUT2D eigenvalue weighted by molar-refractivity contribution is -0.146. The Morgan fingerprint density at radius 3 is 2.21 bits per heavy atom. The number of para-hydroxylation sites is 2. The molecule has 156 valence electrons. The molecule has 0 aliphatic heterocycles. The largest absolute Gasteiger partial charge is 0.489 e. The van der Waals surface area contributed by atoms with Gasteiger partial charge in [-0.25, -0.2) is 9.59 Å². The number of carbonyl (C=O) groups excluding carboxylic acids is 2. The molecule has 0 fully saturated rings. The minimum atomic E-state index is -3.60. The van der Waals surface area contributed by atoms with E-state index < -0.39 is 28.2 Å². The van der Waals surface area contributed by atoms with Crippen molar-refractivity contribution in [1.29, 1.82) is 0 Å². The zero-order valence-electron chi connectivity index (χ0n) is 16.3. The highest BCUT2D eigenvalue weighted by molar-refractivity contribution is 7.86. The van der Waals surface area contributed by atoms with E-state index in [2.05, 4.69) is 5.32 Å². The quantitative estimate of drug-likeness (QED) is 0.190. The number of hydrogen-bond donors (Lipinski definition) is 1. The monoisotopic (exact) mass is 415 g/mol. The standard InChI is InChI=1S/C18H25NO8S/c1-5-24-17(20)14(18(21)25-6-2)11-19-15-9-7-8-10-16(15)26-12-13(3)27-28(4,22)23/h7-11,13,19H,5-6,12H2,1-4H3/t13-/m1/s1. The van der Waals surface area contributed by atoms with Gasteiger partial charge in [0.2, 0.25) is 0 Å². The number of carbonyl (C=O) groups is 2. The zero-order valence-corrected chi connectivity index (χ0v) is 17.1. The lowest BCUT2D eigenvalue weighted by atomic mass is 10.2. The van der Waals surface area contributed by atoms with Gasteiger partial charge in [0, 0.05) is 6.20 Å². The highest BCUT2D eigenvalue weighted by Crippen LogP contribution is 2.24. The maximum atomic E-state index is 12.0. The molecule has 0 amide bonds. The van der Waals surface area contributed by atoms with Crippen molar-refractivity contribution in [2.75, 3.05) is 31.4 Å². The van der Waals surface area contributed by atoms with Gasteiger partial charge in [0.25, 0.3) is 10.1 Å². The van der Waals surface area contributed by atoms with Gasteiger partial charge < -0.3 is 19.5 Å². The predicted octanol–water partition coefficient (Wildman–Crippen LogP) is 1.85. The SMILES string of the molecule is CCOC(=O)C(=CNc1ccccc1OC[C@@H](C)OS(C)(=O)=O)C(=O)OCC. The van der Waals surface area contributed by atoms with E-state index in [0.29, 0.717) is 11.4 Å². The molecule has 10 heteroatoms. The molecule has 1 aromatic carbocycles. The van der Waals surface area contributed by atoms with Crippen LogP contribution in [0.2, 0.25) is 0 Å². The molecule has 0 saturated carbocycles. The molecule has 28 heavy (non-hydrogen) atoms. The molecule has 1 atom stereocenters. The van der Waals surface area contributed by atoms with E-state index in [1.807, 2.05) is 0 Å². The van der Waals surface area contributed by atoms with Gasteiger partial charge in [-0.3, -0.25) is 4.18 Å². The number of benzene rings is 1. The van der Waals surface area contributed by atoms with Crippen molar-refractivity contribution in [1.82, 2.24) is 0 Å².